The quantitative estimate of drug-likeness (QED) is 0.745. The Morgan fingerprint density at radius 3 is 2.50 bits per heavy atom. The molecule has 1 aromatic carbocycles. The molecule has 0 spiro atoms. The fourth-order valence-corrected chi connectivity index (χ4v) is 2.55. The Hall–Kier alpha value is -2.63. The van der Waals surface area contributed by atoms with Crippen molar-refractivity contribution in [3.8, 4) is 23.0 Å². The lowest BCUT2D eigenvalue weighted by atomic mass is 10.1. The highest BCUT2D eigenvalue weighted by atomic mass is 16.5. The van der Waals surface area contributed by atoms with Gasteiger partial charge in [0.1, 0.15) is 17.3 Å². The van der Waals surface area contributed by atoms with Crippen molar-refractivity contribution in [3.63, 3.8) is 0 Å². The van der Waals surface area contributed by atoms with Crippen LogP contribution in [-0.4, -0.2) is 31.7 Å². The molecule has 0 amide bonds. The van der Waals surface area contributed by atoms with E-state index in [4.69, 9.17) is 4.74 Å². The second-order valence-corrected chi connectivity index (χ2v) is 5.33. The van der Waals surface area contributed by atoms with Crippen molar-refractivity contribution in [1.29, 1.82) is 0 Å². The van der Waals surface area contributed by atoms with Gasteiger partial charge in [-0.3, -0.25) is 9.25 Å². The molecule has 2 heterocycles. The first-order chi connectivity index (χ1) is 10.5. The minimum Gasteiger partial charge on any atom is -0.495 e. The predicted molar refractivity (Wildman–Crippen MR) is 84.3 cm³/mol. The van der Waals surface area contributed by atoms with Gasteiger partial charge >= 0.3 is 0 Å². The summed E-state index contributed by atoms with van der Waals surface area (Å²) in [4.78, 5) is 0. The molecular formula is C16H19N5O. The van der Waals surface area contributed by atoms with E-state index >= 15 is 0 Å². The summed E-state index contributed by atoms with van der Waals surface area (Å²) in [6.07, 6.45) is 0. The Morgan fingerprint density at radius 1 is 1.09 bits per heavy atom. The number of nitrogens with zero attached hydrogens (tertiary/aromatic N) is 5. The van der Waals surface area contributed by atoms with Crippen molar-refractivity contribution in [1.82, 2.24) is 24.5 Å². The summed E-state index contributed by atoms with van der Waals surface area (Å²) in [6.45, 7) is 5.99. The highest BCUT2D eigenvalue weighted by Crippen LogP contribution is 2.31. The third-order valence-electron chi connectivity index (χ3n) is 3.81. The molecule has 0 bridgehead atoms. The van der Waals surface area contributed by atoms with Crippen LogP contribution in [0.15, 0.2) is 24.3 Å². The Bertz CT molecular complexity index is 812. The molecular weight excluding hydrogens is 278 g/mol. The second-order valence-electron chi connectivity index (χ2n) is 5.33. The van der Waals surface area contributed by atoms with Crippen LogP contribution in [0.25, 0.3) is 17.2 Å². The van der Waals surface area contributed by atoms with Crippen LogP contribution in [0.4, 0.5) is 0 Å². The van der Waals surface area contributed by atoms with Crippen molar-refractivity contribution < 1.29 is 4.74 Å². The maximum atomic E-state index is 5.52. The molecule has 114 valence electrons. The molecule has 0 aliphatic heterocycles. The topological polar surface area (TPSA) is 57.8 Å². The lowest BCUT2D eigenvalue weighted by Crippen LogP contribution is -2.05. The SMILES string of the molecule is COc1cccc(C)c1-n1c(C)nnc1-c1cc(C)n(C)n1. The van der Waals surface area contributed by atoms with Crippen LogP contribution in [0.5, 0.6) is 5.75 Å². The van der Waals surface area contributed by atoms with Gasteiger partial charge in [0, 0.05) is 12.7 Å². The molecule has 2 aromatic heterocycles. The van der Waals surface area contributed by atoms with Gasteiger partial charge in [-0.2, -0.15) is 5.10 Å². The van der Waals surface area contributed by atoms with Crippen molar-refractivity contribution in [2.24, 2.45) is 7.05 Å². The Morgan fingerprint density at radius 2 is 1.86 bits per heavy atom. The van der Waals surface area contributed by atoms with Crippen molar-refractivity contribution in [2.75, 3.05) is 7.11 Å². The normalized spacial score (nSPS) is 11.0. The number of benzene rings is 1. The predicted octanol–water partition coefficient (Wildman–Crippen LogP) is 2.60. The number of aromatic nitrogens is 5. The van der Waals surface area contributed by atoms with Gasteiger partial charge in [-0.25, -0.2) is 0 Å². The van der Waals surface area contributed by atoms with Crippen LogP contribution in [0.1, 0.15) is 17.1 Å². The molecule has 0 aliphatic rings. The second kappa shape index (κ2) is 5.29. The van der Waals surface area contributed by atoms with Gasteiger partial charge in [0.25, 0.3) is 0 Å². The van der Waals surface area contributed by atoms with Crippen LogP contribution in [-0.2, 0) is 7.05 Å². The van der Waals surface area contributed by atoms with E-state index in [0.29, 0.717) is 5.82 Å². The fraction of sp³-hybridized carbons (Fsp3) is 0.312. The molecule has 0 aliphatic carbocycles. The highest BCUT2D eigenvalue weighted by molar-refractivity contribution is 5.61. The minimum absolute atomic E-state index is 0.716. The summed E-state index contributed by atoms with van der Waals surface area (Å²) < 4.78 is 9.35. The third kappa shape index (κ3) is 2.16. The Labute approximate surface area is 129 Å². The Balaban J connectivity index is 2.27. The van der Waals surface area contributed by atoms with E-state index in [2.05, 4.69) is 15.3 Å². The lowest BCUT2D eigenvalue weighted by Gasteiger charge is -2.14. The monoisotopic (exact) mass is 297 g/mol. The van der Waals surface area contributed by atoms with Crippen LogP contribution in [0.3, 0.4) is 0 Å². The molecule has 22 heavy (non-hydrogen) atoms. The van der Waals surface area contributed by atoms with Gasteiger partial charge in [-0.05, 0) is 38.5 Å². The van der Waals surface area contributed by atoms with Gasteiger partial charge < -0.3 is 4.74 Å². The summed E-state index contributed by atoms with van der Waals surface area (Å²) in [5, 5.41) is 13.1. The molecule has 0 fully saturated rings. The van der Waals surface area contributed by atoms with Crippen molar-refractivity contribution in [2.45, 2.75) is 20.8 Å². The minimum atomic E-state index is 0.716. The number of methoxy groups -OCH3 is 1. The first-order valence-electron chi connectivity index (χ1n) is 7.10. The van der Waals surface area contributed by atoms with Crippen LogP contribution in [0.2, 0.25) is 0 Å². The molecule has 0 atom stereocenters. The van der Waals surface area contributed by atoms with Gasteiger partial charge in [0.15, 0.2) is 5.82 Å². The number of ether oxygens (including phenoxy) is 1. The molecule has 3 rings (SSSR count). The molecule has 3 aromatic rings. The maximum Gasteiger partial charge on any atom is 0.189 e. The zero-order valence-electron chi connectivity index (χ0n) is 13.5. The van der Waals surface area contributed by atoms with E-state index in [0.717, 1.165) is 34.2 Å². The van der Waals surface area contributed by atoms with Crippen LogP contribution in [0, 0.1) is 20.8 Å². The fourth-order valence-electron chi connectivity index (χ4n) is 2.55. The first-order valence-corrected chi connectivity index (χ1v) is 7.10. The van der Waals surface area contributed by atoms with Gasteiger partial charge in [0.2, 0.25) is 0 Å². The van der Waals surface area contributed by atoms with E-state index in [-0.39, 0.29) is 0 Å². The summed E-state index contributed by atoms with van der Waals surface area (Å²) >= 11 is 0. The molecule has 0 saturated heterocycles. The zero-order chi connectivity index (χ0) is 15.9. The van der Waals surface area contributed by atoms with Crippen molar-refractivity contribution in [3.05, 3.63) is 41.3 Å². The van der Waals surface area contributed by atoms with Crippen LogP contribution < -0.4 is 4.74 Å². The first kappa shape index (κ1) is 14.3. The summed E-state index contributed by atoms with van der Waals surface area (Å²) in [5.74, 6) is 2.30. The largest absolute Gasteiger partial charge is 0.495 e. The number of hydrogen-bond donors (Lipinski definition) is 0. The molecule has 6 nitrogen and oxygen atoms in total. The Kier molecular flexibility index (Phi) is 3.44. The van der Waals surface area contributed by atoms with E-state index in [1.165, 1.54) is 0 Å². The van der Waals surface area contributed by atoms with Crippen molar-refractivity contribution >= 4 is 0 Å². The standard InChI is InChI=1S/C16H19N5O/c1-10-7-6-8-14(22-5)15(10)21-12(3)17-18-16(21)13-9-11(2)20(4)19-13/h6-9H,1-5H3. The van der Waals surface area contributed by atoms with Gasteiger partial charge in [0.05, 0.1) is 12.8 Å². The maximum absolute atomic E-state index is 5.52. The average Bonchev–Trinajstić information content (AvgIpc) is 3.02. The van der Waals surface area contributed by atoms with Gasteiger partial charge in [-0.15, -0.1) is 10.2 Å². The lowest BCUT2D eigenvalue weighted by molar-refractivity contribution is 0.412. The number of aryl methyl sites for hydroxylation is 4. The van der Waals surface area contributed by atoms with Gasteiger partial charge in [-0.1, -0.05) is 12.1 Å². The van der Waals surface area contributed by atoms with E-state index in [1.54, 1.807) is 7.11 Å². The average molecular weight is 297 g/mol. The zero-order valence-corrected chi connectivity index (χ0v) is 13.5. The van der Waals surface area contributed by atoms with E-state index in [9.17, 15) is 0 Å². The van der Waals surface area contributed by atoms with E-state index in [1.807, 2.05) is 61.3 Å². The smallest absolute Gasteiger partial charge is 0.189 e. The van der Waals surface area contributed by atoms with Crippen LogP contribution >= 0.6 is 0 Å². The highest BCUT2D eigenvalue weighted by Gasteiger charge is 2.20. The molecule has 0 radical (unpaired) electrons. The summed E-state index contributed by atoms with van der Waals surface area (Å²) in [5.41, 5.74) is 3.91. The molecule has 0 saturated carbocycles. The molecule has 0 unspecified atom stereocenters. The molecule has 6 heteroatoms. The van der Waals surface area contributed by atoms with E-state index < -0.39 is 0 Å². The third-order valence-corrected chi connectivity index (χ3v) is 3.81. The molecule has 0 N–H and O–H groups in total. The number of para-hydroxylation sites is 1. The number of rotatable bonds is 3. The summed E-state index contributed by atoms with van der Waals surface area (Å²) in [6, 6.07) is 7.96. The summed E-state index contributed by atoms with van der Waals surface area (Å²) in [7, 11) is 3.59. The number of hydrogen-bond acceptors (Lipinski definition) is 4.